The van der Waals surface area contributed by atoms with Crippen LogP contribution in [0.1, 0.15) is 37.2 Å². The zero-order valence-corrected chi connectivity index (χ0v) is 14.5. The highest BCUT2D eigenvalue weighted by Crippen LogP contribution is 2.33. The van der Waals surface area contributed by atoms with Crippen molar-refractivity contribution in [3.8, 4) is 0 Å². The predicted molar refractivity (Wildman–Crippen MR) is 86.4 cm³/mol. The molecule has 1 aromatic rings. The van der Waals surface area contributed by atoms with E-state index in [2.05, 4.69) is 20.9 Å². The summed E-state index contributed by atoms with van der Waals surface area (Å²) in [6.45, 7) is 5.78. The third-order valence-electron chi connectivity index (χ3n) is 4.33. The van der Waals surface area contributed by atoms with Crippen LogP contribution in [0.5, 0.6) is 0 Å². The summed E-state index contributed by atoms with van der Waals surface area (Å²) >= 11 is 3.32. The van der Waals surface area contributed by atoms with Crippen molar-refractivity contribution in [2.45, 2.75) is 32.2 Å². The Hall–Kier alpha value is -1.43. The maximum absolute atomic E-state index is 12.7. The molecule has 0 aromatic carbocycles. The first kappa shape index (κ1) is 15.5. The quantitative estimate of drug-likeness (QED) is 0.807. The van der Waals surface area contributed by atoms with Crippen molar-refractivity contribution in [1.82, 2.24) is 14.8 Å². The van der Waals surface area contributed by atoms with E-state index in [1.165, 1.54) is 0 Å². The Morgan fingerprint density at radius 1 is 1.27 bits per heavy atom. The molecule has 0 spiro atoms. The number of hydrogen-bond donors (Lipinski definition) is 0. The second kappa shape index (κ2) is 5.65. The van der Waals surface area contributed by atoms with Crippen LogP contribution in [0.2, 0.25) is 0 Å². The lowest BCUT2D eigenvalue weighted by Crippen LogP contribution is -2.62. The van der Waals surface area contributed by atoms with Crippen molar-refractivity contribution in [3.63, 3.8) is 0 Å². The number of piperazine rings is 1. The summed E-state index contributed by atoms with van der Waals surface area (Å²) in [5.41, 5.74) is 0.0625. The number of carbonyl (C=O) groups excluding carboxylic acids is 2. The molecule has 2 fully saturated rings. The van der Waals surface area contributed by atoms with E-state index in [0.29, 0.717) is 25.3 Å². The Kier molecular flexibility index (Phi) is 3.97. The summed E-state index contributed by atoms with van der Waals surface area (Å²) in [5, 5.41) is 0. The van der Waals surface area contributed by atoms with E-state index < -0.39 is 0 Å². The number of amides is 2. The smallest absolute Gasteiger partial charge is 0.273 e. The Balaban J connectivity index is 1.73. The average molecular weight is 366 g/mol. The molecular formula is C16H20BrN3O2. The fourth-order valence-corrected chi connectivity index (χ4v) is 3.18. The Bertz CT molecular complexity index is 596. The van der Waals surface area contributed by atoms with Crippen molar-refractivity contribution in [2.24, 2.45) is 5.92 Å². The Labute approximate surface area is 138 Å². The SMILES string of the molecule is CC1(C)CN(C(=O)C2CC2)CCN1C(=O)c1ccc(Br)cn1. The largest absolute Gasteiger partial charge is 0.338 e. The van der Waals surface area contributed by atoms with Gasteiger partial charge in [-0.05, 0) is 54.8 Å². The van der Waals surface area contributed by atoms with E-state index in [1.807, 2.05) is 29.7 Å². The highest BCUT2D eigenvalue weighted by atomic mass is 79.9. The molecule has 2 amide bonds. The van der Waals surface area contributed by atoms with E-state index in [4.69, 9.17) is 0 Å². The fraction of sp³-hybridized carbons (Fsp3) is 0.562. The van der Waals surface area contributed by atoms with Crippen molar-refractivity contribution in [2.75, 3.05) is 19.6 Å². The van der Waals surface area contributed by atoms with Crippen LogP contribution in [0.4, 0.5) is 0 Å². The molecule has 118 valence electrons. The molecule has 1 aliphatic heterocycles. The second-order valence-electron chi connectivity index (χ2n) is 6.66. The molecule has 1 saturated heterocycles. The summed E-state index contributed by atoms with van der Waals surface area (Å²) in [6.07, 6.45) is 3.66. The standard InChI is InChI=1S/C16H20BrN3O2/c1-16(2)10-19(14(21)11-3-4-11)7-8-20(16)15(22)13-6-5-12(17)9-18-13/h5-6,9,11H,3-4,7-8,10H2,1-2H3. The first-order chi connectivity index (χ1) is 10.4. The van der Waals surface area contributed by atoms with Crippen molar-refractivity contribution in [1.29, 1.82) is 0 Å². The number of carbonyl (C=O) groups is 2. The third kappa shape index (κ3) is 3.02. The maximum Gasteiger partial charge on any atom is 0.273 e. The van der Waals surface area contributed by atoms with Crippen molar-refractivity contribution >= 4 is 27.7 Å². The highest BCUT2D eigenvalue weighted by molar-refractivity contribution is 9.10. The van der Waals surface area contributed by atoms with Gasteiger partial charge in [0.15, 0.2) is 0 Å². The molecular weight excluding hydrogens is 346 g/mol. The van der Waals surface area contributed by atoms with Gasteiger partial charge in [0.05, 0.1) is 5.54 Å². The van der Waals surface area contributed by atoms with Gasteiger partial charge in [0, 0.05) is 36.2 Å². The fourth-order valence-electron chi connectivity index (χ4n) is 2.95. The summed E-state index contributed by atoms with van der Waals surface area (Å²) in [5.74, 6) is 0.407. The molecule has 3 rings (SSSR count). The van der Waals surface area contributed by atoms with Gasteiger partial charge >= 0.3 is 0 Å². The topological polar surface area (TPSA) is 53.5 Å². The van der Waals surface area contributed by atoms with Gasteiger partial charge in [0.1, 0.15) is 5.69 Å². The number of halogens is 1. The molecule has 1 aromatic heterocycles. The minimum atomic E-state index is -0.380. The van der Waals surface area contributed by atoms with Gasteiger partial charge in [-0.3, -0.25) is 9.59 Å². The number of nitrogens with zero attached hydrogens (tertiary/aromatic N) is 3. The zero-order valence-electron chi connectivity index (χ0n) is 12.9. The number of pyridine rings is 1. The van der Waals surface area contributed by atoms with Crippen LogP contribution < -0.4 is 0 Å². The first-order valence-electron chi connectivity index (χ1n) is 7.61. The van der Waals surface area contributed by atoms with Gasteiger partial charge in [0.2, 0.25) is 5.91 Å². The van der Waals surface area contributed by atoms with E-state index in [9.17, 15) is 9.59 Å². The molecule has 1 aliphatic carbocycles. The van der Waals surface area contributed by atoms with Gasteiger partial charge in [0.25, 0.3) is 5.91 Å². The van der Waals surface area contributed by atoms with Gasteiger partial charge in [-0.15, -0.1) is 0 Å². The molecule has 0 N–H and O–H groups in total. The Morgan fingerprint density at radius 2 is 2.00 bits per heavy atom. The maximum atomic E-state index is 12.7. The Morgan fingerprint density at radius 3 is 2.55 bits per heavy atom. The van der Waals surface area contributed by atoms with E-state index in [-0.39, 0.29) is 23.3 Å². The minimum absolute atomic E-state index is 0.0731. The van der Waals surface area contributed by atoms with Crippen molar-refractivity contribution < 1.29 is 9.59 Å². The number of hydrogen-bond acceptors (Lipinski definition) is 3. The van der Waals surface area contributed by atoms with Crippen LogP contribution in [0.15, 0.2) is 22.8 Å². The predicted octanol–water partition coefficient (Wildman–Crippen LogP) is 2.32. The first-order valence-corrected chi connectivity index (χ1v) is 8.40. The van der Waals surface area contributed by atoms with Crippen LogP contribution in [-0.2, 0) is 4.79 Å². The van der Waals surface area contributed by atoms with Crippen molar-refractivity contribution in [3.05, 3.63) is 28.5 Å². The normalized spacial score (nSPS) is 20.9. The van der Waals surface area contributed by atoms with Crippen LogP contribution in [-0.4, -0.2) is 51.8 Å². The molecule has 1 saturated carbocycles. The molecule has 22 heavy (non-hydrogen) atoms. The lowest BCUT2D eigenvalue weighted by Gasteiger charge is -2.47. The second-order valence-corrected chi connectivity index (χ2v) is 7.58. The van der Waals surface area contributed by atoms with Crippen LogP contribution in [0, 0.1) is 5.92 Å². The molecule has 0 atom stereocenters. The highest BCUT2D eigenvalue weighted by Gasteiger charge is 2.42. The summed E-state index contributed by atoms with van der Waals surface area (Å²) in [6, 6.07) is 3.55. The molecule has 0 bridgehead atoms. The molecule has 0 radical (unpaired) electrons. The molecule has 5 nitrogen and oxygen atoms in total. The molecule has 2 aliphatic rings. The molecule has 0 unspecified atom stereocenters. The van der Waals surface area contributed by atoms with Gasteiger partial charge in [-0.25, -0.2) is 4.98 Å². The monoisotopic (exact) mass is 365 g/mol. The van der Waals surface area contributed by atoms with E-state index in [1.54, 1.807) is 12.3 Å². The summed E-state index contributed by atoms with van der Waals surface area (Å²) < 4.78 is 0.850. The zero-order chi connectivity index (χ0) is 15.9. The summed E-state index contributed by atoms with van der Waals surface area (Å²) in [4.78, 5) is 32.9. The van der Waals surface area contributed by atoms with E-state index >= 15 is 0 Å². The van der Waals surface area contributed by atoms with Crippen LogP contribution >= 0.6 is 15.9 Å². The van der Waals surface area contributed by atoms with Gasteiger partial charge < -0.3 is 9.80 Å². The summed E-state index contributed by atoms with van der Waals surface area (Å²) in [7, 11) is 0. The lowest BCUT2D eigenvalue weighted by atomic mass is 9.97. The average Bonchev–Trinajstić information content (AvgIpc) is 3.30. The third-order valence-corrected chi connectivity index (χ3v) is 4.80. The van der Waals surface area contributed by atoms with Gasteiger partial charge in [-0.1, -0.05) is 0 Å². The van der Waals surface area contributed by atoms with E-state index in [0.717, 1.165) is 17.3 Å². The van der Waals surface area contributed by atoms with Gasteiger partial charge in [-0.2, -0.15) is 0 Å². The minimum Gasteiger partial charge on any atom is -0.338 e. The lowest BCUT2D eigenvalue weighted by molar-refractivity contribution is -0.136. The molecule has 2 heterocycles. The van der Waals surface area contributed by atoms with Crippen LogP contribution in [0.3, 0.4) is 0 Å². The van der Waals surface area contributed by atoms with Crippen LogP contribution in [0.25, 0.3) is 0 Å². The molecule has 6 heteroatoms. The number of aromatic nitrogens is 1. The number of rotatable bonds is 2.